The molecule has 1 heterocycles. The normalized spacial score (nSPS) is 15.5. The quantitative estimate of drug-likeness (QED) is 0.826. The van der Waals surface area contributed by atoms with Gasteiger partial charge in [0.1, 0.15) is 5.76 Å². The SMILES string of the molecule is CCCN(Cc1cc(C(=O)O)oc1C)C1CC1. The molecule has 0 radical (unpaired) electrons. The van der Waals surface area contributed by atoms with E-state index >= 15 is 0 Å². The number of aryl methyl sites for hydroxylation is 1. The highest BCUT2D eigenvalue weighted by molar-refractivity contribution is 5.84. The smallest absolute Gasteiger partial charge is 0.371 e. The van der Waals surface area contributed by atoms with Crippen molar-refractivity contribution in [2.24, 2.45) is 0 Å². The molecule has 4 nitrogen and oxygen atoms in total. The van der Waals surface area contributed by atoms with Gasteiger partial charge in [0.2, 0.25) is 5.76 Å². The van der Waals surface area contributed by atoms with E-state index in [0.29, 0.717) is 6.04 Å². The Bertz CT molecular complexity index is 407. The Morgan fingerprint density at radius 2 is 2.29 bits per heavy atom. The average Bonchev–Trinajstić information content (AvgIpc) is 3.04. The van der Waals surface area contributed by atoms with Crippen molar-refractivity contribution in [3.63, 3.8) is 0 Å². The first kappa shape index (κ1) is 12.2. The zero-order valence-corrected chi connectivity index (χ0v) is 10.4. The average molecular weight is 237 g/mol. The van der Waals surface area contributed by atoms with Crippen LogP contribution in [0.3, 0.4) is 0 Å². The molecular formula is C13H19NO3. The van der Waals surface area contributed by atoms with Crippen LogP contribution in [0.1, 0.15) is 48.1 Å². The van der Waals surface area contributed by atoms with Crippen LogP contribution in [-0.4, -0.2) is 28.6 Å². The Hall–Kier alpha value is -1.29. The predicted molar refractivity (Wildman–Crippen MR) is 64.1 cm³/mol. The van der Waals surface area contributed by atoms with Gasteiger partial charge in [0.05, 0.1) is 0 Å². The Balaban J connectivity index is 2.08. The van der Waals surface area contributed by atoms with E-state index in [2.05, 4.69) is 11.8 Å². The minimum atomic E-state index is -0.993. The summed E-state index contributed by atoms with van der Waals surface area (Å²) in [6.45, 7) is 5.87. The largest absolute Gasteiger partial charge is 0.475 e. The lowest BCUT2D eigenvalue weighted by Crippen LogP contribution is -2.26. The molecule has 1 fully saturated rings. The van der Waals surface area contributed by atoms with E-state index in [1.807, 2.05) is 6.92 Å². The Labute approximate surface area is 101 Å². The number of hydrogen-bond acceptors (Lipinski definition) is 3. The van der Waals surface area contributed by atoms with Crippen molar-refractivity contribution in [2.75, 3.05) is 6.54 Å². The van der Waals surface area contributed by atoms with Crippen LogP contribution in [0.4, 0.5) is 0 Å². The summed E-state index contributed by atoms with van der Waals surface area (Å²) >= 11 is 0. The summed E-state index contributed by atoms with van der Waals surface area (Å²) in [5.41, 5.74) is 1.00. The highest BCUT2D eigenvalue weighted by Gasteiger charge is 2.29. The molecule has 4 heteroatoms. The maximum absolute atomic E-state index is 10.8. The van der Waals surface area contributed by atoms with Crippen LogP contribution < -0.4 is 0 Å². The minimum Gasteiger partial charge on any atom is -0.475 e. The van der Waals surface area contributed by atoms with E-state index in [0.717, 1.165) is 30.8 Å². The topological polar surface area (TPSA) is 53.7 Å². The van der Waals surface area contributed by atoms with Gasteiger partial charge in [0.15, 0.2) is 0 Å². The standard InChI is InChI=1S/C13H19NO3/c1-3-6-14(11-4-5-11)8-10-7-12(13(15)16)17-9(10)2/h7,11H,3-6,8H2,1-2H3,(H,15,16). The van der Waals surface area contributed by atoms with Crippen LogP contribution in [0.15, 0.2) is 10.5 Å². The van der Waals surface area contributed by atoms with Crippen molar-refractivity contribution < 1.29 is 14.3 Å². The molecular weight excluding hydrogens is 218 g/mol. The number of carboxylic acid groups (broad SMARTS) is 1. The van der Waals surface area contributed by atoms with Crippen molar-refractivity contribution in [1.29, 1.82) is 0 Å². The van der Waals surface area contributed by atoms with Gasteiger partial charge in [-0.1, -0.05) is 6.92 Å². The first-order valence-electron chi connectivity index (χ1n) is 6.18. The monoisotopic (exact) mass is 237 g/mol. The van der Waals surface area contributed by atoms with E-state index in [9.17, 15) is 4.79 Å². The van der Waals surface area contributed by atoms with Gasteiger partial charge in [-0.2, -0.15) is 0 Å². The molecule has 0 saturated heterocycles. The second-order valence-electron chi connectivity index (χ2n) is 4.70. The molecule has 1 aliphatic rings. The zero-order valence-electron chi connectivity index (χ0n) is 10.4. The van der Waals surface area contributed by atoms with Crippen molar-refractivity contribution in [1.82, 2.24) is 4.90 Å². The van der Waals surface area contributed by atoms with Gasteiger partial charge in [0, 0.05) is 18.2 Å². The number of nitrogens with zero attached hydrogens (tertiary/aromatic N) is 1. The number of hydrogen-bond donors (Lipinski definition) is 1. The van der Waals surface area contributed by atoms with E-state index in [4.69, 9.17) is 9.52 Å². The van der Waals surface area contributed by atoms with Gasteiger partial charge in [-0.3, -0.25) is 4.90 Å². The van der Waals surface area contributed by atoms with Crippen molar-refractivity contribution in [2.45, 2.75) is 45.7 Å². The summed E-state index contributed by atoms with van der Waals surface area (Å²) in [6.07, 6.45) is 3.66. The fraction of sp³-hybridized carbons (Fsp3) is 0.615. The van der Waals surface area contributed by atoms with Crippen LogP contribution in [-0.2, 0) is 6.54 Å². The van der Waals surface area contributed by atoms with Gasteiger partial charge in [0.25, 0.3) is 0 Å². The molecule has 2 rings (SSSR count). The molecule has 1 saturated carbocycles. The highest BCUT2D eigenvalue weighted by atomic mass is 16.4. The van der Waals surface area contributed by atoms with Crippen LogP contribution in [0.25, 0.3) is 0 Å². The highest BCUT2D eigenvalue weighted by Crippen LogP contribution is 2.29. The van der Waals surface area contributed by atoms with Crippen molar-refractivity contribution >= 4 is 5.97 Å². The second-order valence-corrected chi connectivity index (χ2v) is 4.70. The van der Waals surface area contributed by atoms with Crippen molar-refractivity contribution in [3.8, 4) is 0 Å². The van der Waals surface area contributed by atoms with Crippen LogP contribution in [0.2, 0.25) is 0 Å². The third-order valence-corrected chi connectivity index (χ3v) is 3.18. The molecule has 1 aromatic heterocycles. The predicted octanol–water partition coefficient (Wildman–Crippen LogP) is 2.66. The Morgan fingerprint density at radius 3 is 2.76 bits per heavy atom. The molecule has 1 aliphatic carbocycles. The molecule has 1 N–H and O–H groups in total. The molecule has 17 heavy (non-hydrogen) atoms. The lowest BCUT2D eigenvalue weighted by atomic mass is 10.2. The molecule has 0 spiro atoms. The van der Waals surface area contributed by atoms with Crippen LogP contribution >= 0.6 is 0 Å². The summed E-state index contributed by atoms with van der Waals surface area (Å²) in [7, 11) is 0. The van der Waals surface area contributed by atoms with E-state index in [1.165, 1.54) is 12.8 Å². The van der Waals surface area contributed by atoms with Crippen molar-refractivity contribution in [3.05, 3.63) is 23.2 Å². The molecule has 0 atom stereocenters. The number of carbonyl (C=O) groups is 1. The van der Waals surface area contributed by atoms with Crippen LogP contribution in [0.5, 0.6) is 0 Å². The second kappa shape index (κ2) is 4.92. The third kappa shape index (κ3) is 2.88. The lowest BCUT2D eigenvalue weighted by Gasteiger charge is -2.20. The summed E-state index contributed by atoms with van der Waals surface area (Å²) < 4.78 is 5.23. The number of carboxylic acids is 1. The molecule has 0 aromatic carbocycles. The maximum Gasteiger partial charge on any atom is 0.371 e. The minimum absolute atomic E-state index is 0.0461. The maximum atomic E-state index is 10.8. The molecule has 0 aliphatic heterocycles. The Kier molecular flexibility index (Phi) is 3.52. The molecule has 0 amide bonds. The van der Waals surface area contributed by atoms with Gasteiger partial charge in [-0.05, 0) is 38.8 Å². The van der Waals surface area contributed by atoms with E-state index < -0.39 is 5.97 Å². The summed E-state index contributed by atoms with van der Waals surface area (Å²) in [6, 6.07) is 2.35. The summed E-state index contributed by atoms with van der Waals surface area (Å²) in [5, 5.41) is 8.87. The molecule has 94 valence electrons. The van der Waals surface area contributed by atoms with E-state index in [1.54, 1.807) is 6.07 Å². The summed E-state index contributed by atoms with van der Waals surface area (Å²) in [4.78, 5) is 13.2. The third-order valence-electron chi connectivity index (χ3n) is 3.18. The molecule has 1 aromatic rings. The fourth-order valence-corrected chi connectivity index (χ4v) is 2.12. The molecule has 0 bridgehead atoms. The fourth-order valence-electron chi connectivity index (χ4n) is 2.12. The van der Waals surface area contributed by atoms with Crippen LogP contribution in [0, 0.1) is 6.92 Å². The number of rotatable bonds is 6. The van der Waals surface area contributed by atoms with Gasteiger partial charge >= 0.3 is 5.97 Å². The summed E-state index contributed by atoms with van der Waals surface area (Å²) in [5.74, 6) is -0.221. The Morgan fingerprint density at radius 1 is 1.59 bits per heavy atom. The van der Waals surface area contributed by atoms with Gasteiger partial charge < -0.3 is 9.52 Å². The first-order valence-corrected chi connectivity index (χ1v) is 6.18. The van der Waals surface area contributed by atoms with Gasteiger partial charge in [-0.15, -0.1) is 0 Å². The van der Waals surface area contributed by atoms with Gasteiger partial charge in [-0.25, -0.2) is 4.79 Å². The zero-order chi connectivity index (χ0) is 12.4. The number of aromatic carboxylic acids is 1. The lowest BCUT2D eigenvalue weighted by molar-refractivity contribution is 0.0661. The first-order chi connectivity index (χ1) is 8.11. The molecule has 0 unspecified atom stereocenters. The number of furan rings is 1. The van der Waals surface area contributed by atoms with E-state index in [-0.39, 0.29) is 5.76 Å².